The molecule has 6 unspecified atom stereocenters. The van der Waals surface area contributed by atoms with Crippen LogP contribution in [0.1, 0.15) is 229 Å². The topological polar surface area (TPSA) is 81.7 Å². The first kappa shape index (κ1) is 71.7. The highest BCUT2D eigenvalue weighted by Crippen LogP contribution is 2.28. The minimum Gasteiger partial charge on any atom is -0.393 e. The van der Waals surface area contributed by atoms with E-state index < -0.39 is 0 Å². The summed E-state index contributed by atoms with van der Waals surface area (Å²) in [6.45, 7) is 49.8. The van der Waals surface area contributed by atoms with Crippen molar-refractivity contribution >= 4 is 5.91 Å². The van der Waals surface area contributed by atoms with Gasteiger partial charge < -0.3 is 10.4 Å². The summed E-state index contributed by atoms with van der Waals surface area (Å²) in [4.78, 5) is 37.7. The maximum atomic E-state index is 11.1. The van der Waals surface area contributed by atoms with Gasteiger partial charge >= 0.3 is 0 Å². The quantitative estimate of drug-likeness (QED) is 0.221. The van der Waals surface area contributed by atoms with Gasteiger partial charge in [-0.3, -0.25) is 53.8 Å². The number of nitrogens with one attached hydrogen (secondary N) is 1. The standard InChI is InChI=1S/C17H26N2.C15H30N2.C14H27N3O.C14H28N2.C13H26N2O/c1-14(2)18-10-5-8-17(13-18)19-11-9-15-6-3-4-7-16(15)12-19;1-14(2)17-12-8-9-15(13-17)16-10-6-4-3-5-7-11-16;1-11(2)16-7-4-5-14(10-16)17-8-6-13(9-17)15-12(3)18;1-13(2)16-11-7-8-14(12-16)15-9-5-3-4-6-10-15;1-11(2)15-7-3-4-12(10-15)14-8-5-13(16)6-9-14/h3-4,6-7,14,17H,5,8-13H2,1-2H3;14-15H,3-13H2,1-2H3;11,13-14H,4-10H2,1-3H3,(H,15,18);13-14H,3-12H2,1-2H3;11-13,16H,3-10H2,1-2H3. The van der Waals surface area contributed by atoms with Crippen LogP contribution in [0, 0.1) is 0 Å². The molecule has 6 atom stereocenters. The minimum atomic E-state index is -0.0407. The Balaban J connectivity index is 0.000000154. The number of fused-ring (bicyclic) bond motifs is 1. The van der Waals surface area contributed by atoms with E-state index in [1.54, 1.807) is 18.1 Å². The monoisotopic (exact) mass is 1200 g/mol. The first-order chi connectivity index (χ1) is 41.5. The zero-order chi connectivity index (χ0) is 61.4. The molecule has 2 N–H and O–H groups in total. The third-order valence-electron chi connectivity index (χ3n) is 22.2. The number of carbonyl (C=O) groups is 1. The number of aliphatic hydroxyl groups is 1. The van der Waals surface area contributed by atoms with Gasteiger partial charge in [0.2, 0.25) is 5.91 Å². The highest BCUT2D eigenvalue weighted by molar-refractivity contribution is 5.73. The van der Waals surface area contributed by atoms with E-state index in [9.17, 15) is 9.90 Å². The first-order valence-electron chi connectivity index (χ1n) is 36.9. The number of rotatable bonds is 11. The van der Waals surface area contributed by atoms with E-state index >= 15 is 0 Å². The third kappa shape index (κ3) is 24.1. The second kappa shape index (κ2) is 38.3. The Morgan fingerprint density at radius 1 is 0.372 bits per heavy atom. The zero-order valence-corrected chi connectivity index (χ0v) is 58.0. The molecular weight excluding hydrogens is 1060 g/mol. The van der Waals surface area contributed by atoms with Crippen LogP contribution >= 0.6 is 0 Å². The molecule has 9 saturated heterocycles. The number of amides is 1. The van der Waals surface area contributed by atoms with Crippen molar-refractivity contribution in [1.82, 2.24) is 54.3 Å². The van der Waals surface area contributed by atoms with Crippen molar-refractivity contribution in [2.24, 2.45) is 0 Å². The van der Waals surface area contributed by atoms with Gasteiger partial charge in [0.15, 0.2) is 0 Å². The Morgan fingerprint density at radius 3 is 1.07 bits per heavy atom. The fourth-order valence-corrected chi connectivity index (χ4v) is 16.5. The van der Waals surface area contributed by atoms with Crippen molar-refractivity contribution in [3.8, 4) is 0 Å². The predicted octanol–water partition coefficient (Wildman–Crippen LogP) is 11.2. The maximum absolute atomic E-state index is 11.1. The summed E-state index contributed by atoms with van der Waals surface area (Å²) < 4.78 is 0. The van der Waals surface area contributed by atoms with E-state index in [1.807, 2.05) is 0 Å². The molecule has 0 aromatic heterocycles. The van der Waals surface area contributed by atoms with E-state index in [-0.39, 0.29) is 12.0 Å². The van der Waals surface area contributed by atoms with E-state index in [1.165, 1.54) is 227 Å². The number of nitrogens with zero attached hydrogens (tertiary/aromatic N) is 10. The van der Waals surface area contributed by atoms with Gasteiger partial charge in [0.1, 0.15) is 0 Å². The number of piperidine rings is 6. The number of aliphatic hydroxyl groups excluding tert-OH is 1. The molecule has 13 nitrogen and oxygen atoms in total. The van der Waals surface area contributed by atoms with Gasteiger partial charge in [0, 0.05) is 145 Å². The van der Waals surface area contributed by atoms with Crippen molar-refractivity contribution in [1.29, 1.82) is 0 Å². The first-order valence-corrected chi connectivity index (χ1v) is 36.9. The molecule has 496 valence electrons. The summed E-state index contributed by atoms with van der Waals surface area (Å²) in [5, 5.41) is 12.6. The summed E-state index contributed by atoms with van der Waals surface area (Å²) in [7, 11) is 0. The van der Waals surface area contributed by atoms with Crippen LogP contribution in [0.25, 0.3) is 0 Å². The minimum absolute atomic E-state index is 0.0407. The van der Waals surface area contributed by atoms with Gasteiger partial charge in [0.25, 0.3) is 0 Å². The predicted molar refractivity (Wildman–Crippen MR) is 365 cm³/mol. The van der Waals surface area contributed by atoms with E-state index in [0.29, 0.717) is 30.2 Å². The second-order valence-electron chi connectivity index (χ2n) is 30.1. The van der Waals surface area contributed by atoms with Crippen LogP contribution in [0.3, 0.4) is 0 Å². The summed E-state index contributed by atoms with van der Waals surface area (Å²) in [5.41, 5.74) is 3.12. The van der Waals surface area contributed by atoms with Crippen LogP contribution in [0.5, 0.6) is 0 Å². The Kier molecular flexibility index (Phi) is 31.9. The molecule has 9 fully saturated rings. The molecule has 13 heteroatoms. The van der Waals surface area contributed by atoms with Crippen LogP contribution in [0.15, 0.2) is 24.3 Å². The smallest absolute Gasteiger partial charge is 0.217 e. The number of likely N-dealkylation sites (tertiary alicyclic amines) is 9. The van der Waals surface area contributed by atoms with Gasteiger partial charge in [-0.1, -0.05) is 56.4 Å². The lowest BCUT2D eigenvalue weighted by molar-refractivity contribution is -0.119. The largest absolute Gasteiger partial charge is 0.393 e. The molecule has 1 amide bonds. The number of hydrogen-bond acceptors (Lipinski definition) is 12. The highest BCUT2D eigenvalue weighted by atomic mass is 16.3. The zero-order valence-electron chi connectivity index (χ0n) is 58.0. The lowest BCUT2D eigenvalue weighted by Gasteiger charge is -2.43. The summed E-state index contributed by atoms with van der Waals surface area (Å²) in [6, 6.07) is 16.7. The molecule has 0 saturated carbocycles. The summed E-state index contributed by atoms with van der Waals surface area (Å²) in [5.74, 6) is 0.106. The van der Waals surface area contributed by atoms with E-state index in [4.69, 9.17) is 0 Å². The fraction of sp³-hybridized carbons (Fsp3) is 0.904. The van der Waals surface area contributed by atoms with Gasteiger partial charge in [-0.15, -0.1) is 0 Å². The molecule has 0 bridgehead atoms. The van der Waals surface area contributed by atoms with E-state index in [2.05, 4.69) is 148 Å². The normalized spacial score (nSPS) is 29.5. The molecular formula is C73H137N11O2. The Labute approximate surface area is 530 Å². The van der Waals surface area contributed by atoms with Crippen LogP contribution in [-0.2, 0) is 17.8 Å². The number of hydrogen-bond donors (Lipinski definition) is 2. The van der Waals surface area contributed by atoms with Gasteiger partial charge in [-0.05, 0) is 255 Å². The average Bonchev–Trinajstić information content (AvgIpc) is 3.89. The summed E-state index contributed by atoms with van der Waals surface area (Å²) in [6.07, 6.45) is 31.0. The summed E-state index contributed by atoms with van der Waals surface area (Å²) >= 11 is 0. The number of benzene rings is 1. The SMILES string of the molecule is CC(=O)NC1CCN(C2CCCN(C(C)C)C2)C1.CC(C)N1CCCC(N2CCC(O)CC2)C1.CC(C)N1CCCC(N2CCCCCC2)C1.CC(C)N1CCCC(N2CCCCCCC2)C1.CC(C)N1CCCC(N2CCc3ccccc3C2)C1. The van der Waals surface area contributed by atoms with Crippen LogP contribution in [-0.4, -0.2) is 257 Å². The second-order valence-corrected chi connectivity index (χ2v) is 30.1. The fourth-order valence-electron chi connectivity index (χ4n) is 16.5. The maximum Gasteiger partial charge on any atom is 0.217 e. The highest BCUT2D eigenvalue weighted by Gasteiger charge is 2.34. The van der Waals surface area contributed by atoms with Crippen LogP contribution < -0.4 is 5.32 Å². The molecule has 0 radical (unpaired) electrons. The lowest BCUT2D eigenvalue weighted by atomic mass is 9.95. The Bertz CT molecular complexity index is 1960. The van der Waals surface area contributed by atoms with Gasteiger partial charge in [0.05, 0.1) is 6.10 Å². The molecule has 11 rings (SSSR count). The van der Waals surface area contributed by atoms with Crippen molar-refractivity contribution in [3.05, 3.63) is 35.4 Å². The Hall–Kier alpha value is -1.75. The van der Waals surface area contributed by atoms with Gasteiger partial charge in [-0.25, -0.2) is 0 Å². The van der Waals surface area contributed by atoms with Crippen molar-refractivity contribution < 1.29 is 9.90 Å². The third-order valence-corrected chi connectivity index (χ3v) is 22.2. The molecule has 10 aliphatic rings. The average molecular weight is 1200 g/mol. The molecule has 0 spiro atoms. The molecule has 0 aliphatic carbocycles. The molecule has 10 heterocycles. The Morgan fingerprint density at radius 2 is 0.698 bits per heavy atom. The molecule has 10 aliphatic heterocycles. The van der Waals surface area contributed by atoms with Crippen molar-refractivity contribution in [3.63, 3.8) is 0 Å². The van der Waals surface area contributed by atoms with Crippen molar-refractivity contribution in [2.75, 3.05) is 124 Å². The van der Waals surface area contributed by atoms with Gasteiger partial charge in [-0.2, -0.15) is 0 Å². The molecule has 1 aromatic carbocycles. The van der Waals surface area contributed by atoms with Crippen LogP contribution in [0.4, 0.5) is 0 Å². The molecule has 1 aromatic rings. The van der Waals surface area contributed by atoms with Crippen LogP contribution in [0.2, 0.25) is 0 Å². The molecule has 86 heavy (non-hydrogen) atoms. The van der Waals surface area contributed by atoms with Crippen molar-refractivity contribution in [2.45, 2.75) is 303 Å². The van der Waals surface area contributed by atoms with E-state index in [0.717, 1.165) is 88.2 Å². The lowest BCUT2D eigenvalue weighted by Crippen LogP contribution is -2.52. The number of carbonyl (C=O) groups excluding carboxylic acids is 1.